The van der Waals surface area contributed by atoms with Gasteiger partial charge in [0.1, 0.15) is 0 Å². The van der Waals surface area contributed by atoms with Crippen molar-refractivity contribution < 1.29 is 9.53 Å². The molecule has 1 atom stereocenters. The molecule has 3 heteroatoms. The topological polar surface area (TPSA) is 38.3 Å². The molecule has 1 heterocycles. The van der Waals surface area contributed by atoms with Crippen LogP contribution in [0.15, 0.2) is 42.5 Å². The number of rotatable bonds is 4. The first-order chi connectivity index (χ1) is 9.27. The first-order valence-electron chi connectivity index (χ1n) is 6.88. The second-order valence-corrected chi connectivity index (χ2v) is 4.96. The molecule has 19 heavy (non-hydrogen) atoms. The molecule has 1 unspecified atom stereocenters. The second kappa shape index (κ2) is 7.10. The highest BCUT2D eigenvalue weighted by Gasteiger charge is 2.16. The number of ether oxygens (including phenoxy) is 1. The molecule has 0 radical (unpaired) electrons. The predicted octanol–water partition coefficient (Wildman–Crippen LogP) is 2.79. The van der Waals surface area contributed by atoms with E-state index < -0.39 is 0 Å². The minimum atomic E-state index is -0.238. The number of benzene rings is 1. The second-order valence-electron chi connectivity index (χ2n) is 4.96. The smallest absolute Gasteiger partial charge is 0.338 e. The van der Waals surface area contributed by atoms with Crippen molar-refractivity contribution in [3.05, 3.63) is 48.0 Å². The van der Waals surface area contributed by atoms with Gasteiger partial charge < -0.3 is 10.1 Å². The van der Waals surface area contributed by atoms with E-state index in [1.165, 1.54) is 5.57 Å². The van der Waals surface area contributed by atoms with Crippen molar-refractivity contribution in [3.8, 4) is 0 Å². The lowest BCUT2D eigenvalue weighted by Gasteiger charge is -2.16. The predicted molar refractivity (Wildman–Crippen MR) is 76.1 cm³/mol. The number of carbonyl (C=O) groups excluding carboxylic acids is 1. The van der Waals surface area contributed by atoms with E-state index in [-0.39, 0.29) is 5.97 Å². The zero-order valence-corrected chi connectivity index (χ0v) is 11.2. The minimum Gasteiger partial charge on any atom is -0.462 e. The third kappa shape index (κ3) is 4.21. The van der Waals surface area contributed by atoms with E-state index in [4.69, 9.17) is 4.74 Å². The molecular weight excluding hydrogens is 238 g/mol. The molecule has 0 saturated carbocycles. The van der Waals surface area contributed by atoms with Crippen LogP contribution < -0.4 is 5.32 Å². The fourth-order valence-electron chi connectivity index (χ4n) is 2.37. The summed E-state index contributed by atoms with van der Waals surface area (Å²) in [4.78, 5) is 11.8. The van der Waals surface area contributed by atoms with Crippen LogP contribution in [0.1, 0.15) is 29.6 Å². The van der Waals surface area contributed by atoms with Gasteiger partial charge in [0.2, 0.25) is 0 Å². The standard InChI is InChI=1S/C16H21NO2/c1-13-12-17-10-5-8-14(13)9-11-19-16(18)15-6-3-2-4-7-15/h2-4,6-7,14,17H,1,5,8-12H2. The molecule has 0 aromatic heterocycles. The van der Waals surface area contributed by atoms with Crippen LogP contribution in [0.3, 0.4) is 0 Å². The van der Waals surface area contributed by atoms with E-state index in [0.717, 1.165) is 32.4 Å². The largest absolute Gasteiger partial charge is 0.462 e. The van der Waals surface area contributed by atoms with Crippen molar-refractivity contribution in [2.75, 3.05) is 19.7 Å². The van der Waals surface area contributed by atoms with Crippen LogP contribution >= 0.6 is 0 Å². The van der Waals surface area contributed by atoms with E-state index in [0.29, 0.717) is 18.1 Å². The zero-order valence-electron chi connectivity index (χ0n) is 11.2. The lowest BCUT2D eigenvalue weighted by Crippen LogP contribution is -2.17. The van der Waals surface area contributed by atoms with Gasteiger partial charge in [-0.05, 0) is 43.9 Å². The van der Waals surface area contributed by atoms with E-state index >= 15 is 0 Å². The van der Waals surface area contributed by atoms with Gasteiger partial charge in [0, 0.05) is 6.54 Å². The summed E-state index contributed by atoms with van der Waals surface area (Å²) in [5, 5.41) is 3.34. The fourth-order valence-corrected chi connectivity index (χ4v) is 2.37. The Morgan fingerprint density at radius 2 is 2.16 bits per heavy atom. The molecule has 1 aromatic carbocycles. The molecule has 1 N–H and O–H groups in total. The molecule has 0 aliphatic carbocycles. The van der Waals surface area contributed by atoms with Crippen LogP contribution in [0.2, 0.25) is 0 Å². The summed E-state index contributed by atoms with van der Waals surface area (Å²) < 4.78 is 5.32. The van der Waals surface area contributed by atoms with Gasteiger partial charge in [0.25, 0.3) is 0 Å². The molecule has 102 valence electrons. The highest BCUT2D eigenvalue weighted by atomic mass is 16.5. The molecule has 0 spiro atoms. The number of nitrogens with one attached hydrogen (secondary N) is 1. The summed E-state index contributed by atoms with van der Waals surface area (Å²) >= 11 is 0. The quantitative estimate of drug-likeness (QED) is 0.667. The number of carbonyl (C=O) groups is 1. The van der Waals surface area contributed by atoms with Gasteiger partial charge in [0.15, 0.2) is 0 Å². The Kier molecular flexibility index (Phi) is 5.16. The summed E-state index contributed by atoms with van der Waals surface area (Å²) in [5.41, 5.74) is 1.84. The third-order valence-corrected chi connectivity index (χ3v) is 3.54. The molecule has 1 fully saturated rings. The third-order valence-electron chi connectivity index (χ3n) is 3.54. The summed E-state index contributed by atoms with van der Waals surface area (Å²) in [6.07, 6.45) is 3.17. The van der Waals surface area contributed by atoms with Crippen LogP contribution in [-0.4, -0.2) is 25.7 Å². The van der Waals surface area contributed by atoms with E-state index in [2.05, 4.69) is 11.9 Å². The lowest BCUT2D eigenvalue weighted by atomic mass is 9.93. The average Bonchev–Trinajstić information content (AvgIpc) is 2.65. The maximum Gasteiger partial charge on any atom is 0.338 e. The van der Waals surface area contributed by atoms with Gasteiger partial charge in [-0.1, -0.05) is 30.4 Å². The van der Waals surface area contributed by atoms with Crippen LogP contribution in [0.4, 0.5) is 0 Å². The molecule has 0 bridgehead atoms. The van der Waals surface area contributed by atoms with Crippen molar-refractivity contribution in [1.29, 1.82) is 0 Å². The number of hydrogen-bond acceptors (Lipinski definition) is 3. The van der Waals surface area contributed by atoms with Crippen molar-refractivity contribution >= 4 is 5.97 Å². The van der Waals surface area contributed by atoms with Gasteiger partial charge >= 0.3 is 5.97 Å². The molecule has 1 aliphatic heterocycles. The van der Waals surface area contributed by atoms with Crippen LogP contribution in [0, 0.1) is 5.92 Å². The molecule has 0 amide bonds. The molecule has 3 nitrogen and oxygen atoms in total. The SMILES string of the molecule is C=C1CNCCCC1CCOC(=O)c1ccccc1. The first kappa shape index (κ1) is 13.8. The normalized spacial score (nSPS) is 19.8. The van der Waals surface area contributed by atoms with E-state index in [9.17, 15) is 4.79 Å². The Labute approximate surface area is 114 Å². The summed E-state index contributed by atoms with van der Waals surface area (Å²) in [7, 11) is 0. The van der Waals surface area contributed by atoms with Crippen molar-refractivity contribution in [1.82, 2.24) is 5.32 Å². The molecule has 1 aromatic rings. The molecular formula is C16H21NO2. The Bertz CT molecular complexity index is 428. The summed E-state index contributed by atoms with van der Waals surface area (Å²) in [6.45, 7) is 6.52. The van der Waals surface area contributed by atoms with Crippen molar-refractivity contribution in [2.24, 2.45) is 5.92 Å². The average molecular weight is 259 g/mol. The van der Waals surface area contributed by atoms with E-state index in [1.807, 2.05) is 18.2 Å². The van der Waals surface area contributed by atoms with Crippen molar-refractivity contribution in [2.45, 2.75) is 19.3 Å². The Hall–Kier alpha value is -1.61. The number of hydrogen-bond donors (Lipinski definition) is 1. The van der Waals surface area contributed by atoms with Gasteiger partial charge in [-0.15, -0.1) is 0 Å². The van der Waals surface area contributed by atoms with Gasteiger partial charge in [0.05, 0.1) is 12.2 Å². The Morgan fingerprint density at radius 1 is 1.37 bits per heavy atom. The van der Waals surface area contributed by atoms with Crippen molar-refractivity contribution in [3.63, 3.8) is 0 Å². The highest BCUT2D eigenvalue weighted by molar-refractivity contribution is 5.89. The zero-order chi connectivity index (χ0) is 13.5. The Balaban J connectivity index is 1.77. The minimum absolute atomic E-state index is 0.238. The first-order valence-corrected chi connectivity index (χ1v) is 6.88. The monoisotopic (exact) mass is 259 g/mol. The highest BCUT2D eigenvalue weighted by Crippen LogP contribution is 2.21. The van der Waals surface area contributed by atoms with Gasteiger partial charge in [-0.3, -0.25) is 0 Å². The van der Waals surface area contributed by atoms with Gasteiger partial charge in [-0.25, -0.2) is 4.79 Å². The maximum absolute atomic E-state index is 11.8. The molecule has 1 aliphatic rings. The van der Waals surface area contributed by atoms with Crippen LogP contribution in [0.25, 0.3) is 0 Å². The molecule has 2 rings (SSSR count). The summed E-state index contributed by atoms with van der Waals surface area (Å²) in [5.74, 6) is 0.233. The van der Waals surface area contributed by atoms with E-state index in [1.54, 1.807) is 12.1 Å². The molecule has 1 saturated heterocycles. The number of esters is 1. The maximum atomic E-state index is 11.8. The lowest BCUT2D eigenvalue weighted by molar-refractivity contribution is 0.0486. The van der Waals surface area contributed by atoms with Gasteiger partial charge in [-0.2, -0.15) is 0 Å². The Morgan fingerprint density at radius 3 is 2.95 bits per heavy atom. The van der Waals surface area contributed by atoms with Crippen LogP contribution in [-0.2, 0) is 4.74 Å². The fraction of sp³-hybridized carbons (Fsp3) is 0.438. The van der Waals surface area contributed by atoms with Crippen LogP contribution in [0.5, 0.6) is 0 Å². The summed E-state index contributed by atoms with van der Waals surface area (Å²) in [6, 6.07) is 9.12.